The Morgan fingerprint density at radius 1 is 1.50 bits per heavy atom. The van der Waals surface area contributed by atoms with Gasteiger partial charge in [-0.05, 0) is 23.8 Å². The molecule has 0 aliphatic carbocycles. The third kappa shape index (κ3) is 4.72. The molecule has 2 amide bonds. The van der Waals surface area contributed by atoms with Crippen LogP contribution in [-0.4, -0.2) is 50.2 Å². The minimum Gasteiger partial charge on any atom is -0.480 e. The van der Waals surface area contributed by atoms with Gasteiger partial charge in [0.2, 0.25) is 0 Å². The van der Waals surface area contributed by atoms with Crippen LogP contribution in [0.2, 0.25) is 0 Å². The van der Waals surface area contributed by atoms with E-state index in [-0.39, 0.29) is 19.1 Å². The number of aromatic nitrogens is 3. The SMILES string of the molecule is O=C(O)Cn1cc(CNC(=O)NCC2CCSC2)nn1. The average molecular weight is 299 g/mol. The average Bonchev–Trinajstić information content (AvgIpc) is 3.04. The highest BCUT2D eigenvalue weighted by atomic mass is 32.2. The monoisotopic (exact) mass is 299 g/mol. The maximum atomic E-state index is 11.6. The first-order valence-corrected chi connectivity index (χ1v) is 7.49. The lowest BCUT2D eigenvalue weighted by Gasteiger charge is -2.10. The quantitative estimate of drug-likeness (QED) is 0.677. The highest BCUT2D eigenvalue weighted by molar-refractivity contribution is 7.99. The van der Waals surface area contributed by atoms with Crippen LogP contribution in [-0.2, 0) is 17.9 Å². The van der Waals surface area contributed by atoms with E-state index in [9.17, 15) is 9.59 Å². The summed E-state index contributed by atoms with van der Waals surface area (Å²) >= 11 is 1.91. The molecule has 1 saturated heterocycles. The van der Waals surface area contributed by atoms with E-state index < -0.39 is 5.97 Å². The molecule has 1 aliphatic rings. The van der Waals surface area contributed by atoms with Gasteiger partial charge in [-0.25, -0.2) is 9.48 Å². The minimum atomic E-state index is -0.985. The van der Waals surface area contributed by atoms with Crippen LogP contribution in [0.15, 0.2) is 6.20 Å². The van der Waals surface area contributed by atoms with Gasteiger partial charge < -0.3 is 15.7 Å². The number of carbonyl (C=O) groups is 2. The Balaban J connectivity index is 1.67. The maximum absolute atomic E-state index is 11.6. The molecule has 1 aromatic rings. The molecule has 110 valence electrons. The molecule has 20 heavy (non-hydrogen) atoms. The Labute approximate surface area is 120 Å². The van der Waals surface area contributed by atoms with E-state index >= 15 is 0 Å². The molecule has 1 aromatic heterocycles. The molecule has 0 aromatic carbocycles. The molecule has 0 spiro atoms. The van der Waals surface area contributed by atoms with E-state index in [1.54, 1.807) is 0 Å². The van der Waals surface area contributed by atoms with Crippen LogP contribution in [0.1, 0.15) is 12.1 Å². The van der Waals surface area contributed by atoms with Gasteiger partial charge in [-0.3, -0.25) is 4.79 Å². The Kier molecular flexibility index (Phi) is 5.22. The summed E-state index contributed by atoms with van der Waals surface area (Å²) in [5.41, 5.74) is 0.526. The van der Waals surface area contributed by atoms with Crippen molar-refractivity contribution < 1.29 is 14.7 Å². The molecule has 1 fully saturated rings. The molecule has 3 N–H and O–H groups in total. The van der Waals surface area contributed by atoms with Crippen LogP contribution < -0.4 is 10.6 Å². The Hall–Kier alpha value is -1.77. The second kappa shape index (κ2) is 7.13. The molecule has 0 radical (unpaired) electrons. The normalized spacial score (nSPS) is 17.9. The standard InChI is InChI=1S/C11H17N5O3S/c17-10(18)6-16-5-9(14-15-16)4-13-11(19)12-3-8-1-2-20-7-8/h5,8H,1-4,6-7H2,(H,17,18)(H2,12,13,19). The smallest absolute Gasteiger partial charge is 0.325 e. The zero-order valence-corrected chi connectivity index (χ0v) is 11.7. The Morgan fingerprint density at radius 3 is 3.05 bits per heavy atom. The number of nitrogens with one attached hydrogen (secondary N) is 2. The predicted octanol–water partition coefficient (Wildman–Crippen LogP) is -0.0850. The molecule has 0 bridgehead atoms. The molecule has 8 nitrogen and oxygen atoms in total. The van der Waals surface area contributed by atoms with Gasteiger partial charge in [0.15, 0.2) is 0 Å². The van der Waals surface area contributed by atoms with Crippen LogP contribution in [0.4, 0.5) is 4.79 Å². The van der Waals surface area contributed by atoms with Gasteiger partial charge in [-0.2, -0.15) is 11.8 Å². The van der Waals surface area contributed by atoms with Crippen LogP contribution in [0, 0.1) is 5.92 Å². The second-order valence-corrected chi connectivity index (χ2v) is 5.74. The van der Waals surface area contributed by atoms with Crippen LogP contribution in [0.5, 0.6) is 0 Å². The lowest BCUT2D eigenvalue weighted by Crippen LogP contribution is -2.38. The van der Waals surface area contributed by atoms with Crippen LogP contribution in [0.25, 0.3) is 0 Å². The summed E-state index contributed by atoms with van der Waals surface area (Å²) in [7, 11) is 0. The highest BCUT2D eigenvalue weighted by Crippen LogP contribution is 2.22. The van der Waals surface area contributed by atoms with Gasteiger partial charge >= 0.3 is 12.0 Å². The van der Waals surface area contributed by atoms with Crippen molar-refractivity contribution in [3.05, 3.63) is 11.9 Å². The predicted molar refractivity (Wildman–Crippen MR) is 73.3 cm³/mol. The van der Waals surface area contributed by atoms with Crippen molar-refractivity contribution in [3.63, 3.8) is 0 Å². The number of hydrogen-bond acceptors (Lipinski definition) is 5. The van der Waals surface area contributed by atoms with Gasteiger partial charge in [-0.15, -0.1) is 5.10 Å². The largest absolute Gasteiger partial charge is 0.480 e. The topological polar surface area (TPSA) is 109 Å². The first-order valence-electron chi connectivity index (χ1n) is 6.33. The van der Waals surface area contributed by atoms with Crippen molar-refractivity contribution in [1.82, 2.24) is 25.6 Å². The van der Waals surface area contributed by atoms with E-state index in [0.29, 0.717) is 18.2 Å². The summed E-state index contributed by atoms with van der Waals surface area (Å²) in [6.45, 7) is 0.675. The molecular weight excluding hydrogens is 282 g/mol. The molecule has 2 heterocycles. The van der Waals surface area contributed by atoms with Crippen molar-refractivity contribution >= 4 is 23.8 Å². The highest BCUT2D eigenvalue weighted by Gasteiger charge is 2.16. The summed E-state index contributed by atoms with van der Waals surface area (Å²) in [4.78, 5) is 22.1. The molecule has 1 atom stereocenters. The van der Waals surface area contributed by atoms with Gasteiger partial charge in [0.1, 0.15) is 12.2 Å². The van der Waals surface area contributed by atoms with E-state index in [2.05, 4.69) is 20.9 Å². The van der Waals surface area contributed by atoms with E-state index in [4.69, 9.17) is 5.11 Å². The van der Waals surface area contributed by atoms with Gasteiger partial charge in [-0.1, -0.05) is 5.21 Å². The molecule has 9 heteroatoms. The number of hydrogen-bond donors (Lipinski definition) is 3. The van der Waals surface area contributed by atoms with Crippen molar-refractivity contribution in [2.24, 2.45) is 5.92 Å². The molecule has 1 aliphatic heterocycles. The minimum absolute atomic E-state index is 0.227. The Morgan fingerprint density at radius 2 is 2.35 bits per heavy atom. The zero-order valence-electron chi connectivity index (χ0n) is 10.9. The number of nitrogens with zero attached hydrogens (tertiary/aromatic N) is 3. The summed E-state index contributed by atoms with van der Waals surface area (Å²) in [5.74, 6) is 1.84. The molecule has 0 saturated carbocycles. The third-order valence-corrected chi connectivity index (χ3v) is 4.12. The van der Waals surface area contributed by atoms with E-state index in [1.807, 2.05) is 11.8 Å². The summed E-state index contributed by atoms with van der Waals surface area (Å²) in [5, 5.41) is 21.5. The van der Waals surface area contributed by atoms with Crippen molar-refractivity contribution in [2.75, 3.05) is 18.1 Å². The van der Waals surface area contributed by atoms with Crippen molar-refractivity contribution in [2.45, 2.75) is 19.5 Å². The van der Waals surface area contributed by atoms with Crippen molar-refractivity contribution in [1.29, 1.82) is 0 Å². The number of carbonyl (C=O) groups excluding carboxylic acids is 1. The number of carboxylic acids is 1. The number of carboxylic acid groups (broad SMARTS) is 1. The summed E-state index contributed by atoms with van der Waals surface area (Å²) in [6.07, 6.45) is 2.65. The van der Waals surface area contributed by atoms with E-state index in [1.165, 1.54) is 16.6 Å². The fourth-order valence-corrected chi connectivity index (χ4v) is 3.13. The van der Waals surface area contributed by atoms with E-state index in [0.717, 1.165) is 12.2 Å². The fourth-order valence-electron chi connectivity index (χ4n) is 1.85. The van der Waals surface area contributed by atoms with Crippen LogP contribution >= 0.6 is 11.8 Å². The number of thioether (sulfide) groups is 1. The second-order valence-electron chi connectivity index (χ2n) is 4.59. The number of aliphatic carboxylic acids is 1. The van der Waals surface area contributed by atoms with Gasteiger partial charge in [0.05, 0.1) is 12.7 Å². The molecule has 1 unspecified atom stereocenters. The van der Waals surface area contributed by atoms with Gasteiger partial charge in [0, 0.05) is 6.54 Å². The zero-order chi connectivity index (χ0) is 14.4. The first kappa shape index (κ1) is 14.6. The number of amides is 2. The Bertz CT molecular complexity index is 472. The summed E-state index contributed by atoms with van der Waals surface area (Å²) < 4.78 is 1.22. The number of rotatable bonds is 6. The van der Waals surface area contributed by atoms with Crippen molar-refractivity contribution in [3.8, 4) is 0 Å². The molecular formula is C11H17N5O3S. The third-order valence-electron chi connectivity index (χ3n) is 2.89. The van der Waals surface area contributed by atoms with Gasteiger partial charge in [0.25, 0.3) is 0 Å². The maximum Gasteiger partial charge on any atom is 0.325 e. The summed E-state index contributed by atoms with van der Waals surface area (Å²) in [6, 6.07) is -0.241. The lowest BCUT2D eigenvalue weighted by molar-refractivity contribution is -0.137. The first-order chi connectivity index (χ1) is 9.63. The lowest BCUT2D eigenvalue weighted by atomic mass is 10.1. The van der Waals surface area contributed by atoms with Crippen LogP contribution in [0.3, 0.4) is 0 Å². The number of urea groups is 1. The fraction of sp³-hybridized carbons (Fsp3) is 0.636. The molecule has 2 rings (SSSR count).